The lowest BCUT2D eigenvalue weighted by Crippen LogP contribution is -2.45. The average Bonchev–Trinajstić information content (AvgIpc) is 2.94. The molecule has 19 heavy (non-hydrogen) atoms. The molecule has 6 heteroatoms. The second-order valence-corrected chi connectivity index (χ2v) is 4.39. The molecular formula is C13H17N3O3. The number of nitrogens with one attached hydrogen (secondary N) is 1. The first-order valence-electron chi connectivity index (χ1n) is 6.23. The van der Waals surface area contributed by atoms with E-state index in [1.165, 1.54) is 12.0 Å². The lowest BCUT2D eigenvalue weighted by Gasteiger charge is -2.22. The van der Waals surface area contributed by atoms with Gasteiger partial charge in [-0.2, -0.15) is 0 Å². The zero-order valence-electron chi connectivity index (χ0n) is 10.8. The van der Waals surface area contributed by atoms with Crippen LogP contribution in [0.2, 0.25) is 0 Å². The fourth-order valence-corrected chi connectivity index (χ4v) is 2.18. The molecule has 102 valence electrons. The summed E-state index contributed by atoms with van der Waals surface area (Å²) in [6.45, 7) is 1.01. The van der Waals surface area contributed by atoms with Crippen LogP contribution >= 0.6 is 0 Å². The van der Waals surface area contributed by atoms with Gasteiger partial charge in [0.25, 0.3) is 0 Å². The Morgan fingerprint density at radius 3 is 2.89 bits per heavy atom. The number of likely N-dealkylation sites (tertiary alicyclic amines) is 1. The number of rotatable bonds is 3. The van der Waals surface area contributed by atoms with Crippen molar-refractivity contribution < 1.29 is 14.3 Å². The molecule has 0 aromatic carbocycles. The van der Waals surface area contributed by atoms with Gasteiger partial charge in [0.15, 0.2) is 0 Å². The van der Waals surface area contributed by atoms with Gasteiger partial charge in [0.2, 0.25) is 5.91 Å². The highest BCUT2D eigenvalue weighted by atomic mass is 16.5. The molecule has 2 amide bonds. The highest BCUT2D eigenvalue weighted by Crippen LogP contribution is 2.18. The summed E-state index contributed by atoms with van der Waals surface area (Å²) >= 11 is 0. The van der Waals surface area contributed by atoms with Gasteiger partial charge in [-0.1, -0.05) is 0 Å². The maximum Gasteiger partial charge on any atom is 0.410 e. The van der Waals surface area contributed by atoms with Crippen molar-refractivity contribution in [2.24, 2.45) is 0 Å². The van der Waals surface area contributed by atoms with Crippen molar-refractivity contribution in [3.05, 3.63) is 30.1 Å². The molecule has 1 aliphatic heterocycles. The monoisotopic (exact) mass is 263 g/mol. The van der Waals surface area contributed by atoms with Gasteiger partial charge in [-0.05, 0) is 30.5 Å². The summed E-state index contributed by atoms with van der Waals surface area (Å²) in [5, 5.41) is 2.83. The Morgan fingerprint density at radius 1 is 1.47 bits per heavy atom. The van der Waals surface area contributed by atoms with Gasteiger partial charge < -0.3 is 10.1 Å². The Balaban J connectivity index is 1.90. The van der Waals surface area contributed by atoms with Gasteiger partial charge in [0.1, 0.15) is 6.04 Å². The molecule has 1 N–H and O–H groups in total. The number of pyridine rings is 1. The number of ether oxygens (including phenoxy) is 1. The molecule has 0 radical (unpaired) electrons. The molecule has 1 unspecified atom stereocenters. The van der Waals surface area contributed by atoms with Gasteiger partial charge in [-0.3, -0.25) is 14.7 Å². The lowest BCUT2D eigenvalue weighted by molar-refractivity contribution is -0.125. The van der Waals surface area contributed by atoms with E-state index in [1.807, 2.05) is 12.1 Å². The highest BCUT2D eigenvalue weighted by molar-refractivity contribution is 5.86. The molecule has 0 aliphatic carbocycles. The first kappa shape index (κ1) is 13.3. The summed E-state index contributed by atoms with van der Waals surface area (Å²) in [7, 11) is 1.33. The SMILES string of the molecule is COC(=O)N1CCCC1C(=O)NCc1ccncc1. The van der Waals surface area contributed by atoms with Crippen LogP contribution in [0, 0.1) is 0 Å². The molecule has 1 aromatic rings. The molecule has 2 heterocycles. The largest absolute Gasteiger partial charge is 0.453 e. The Bertz CT molecular complexity index is 450. The molecule has 1 atom stereocenters. The van der Waals surface area contributed by atoms with Gasteiger partial charge in [-0.25, -0.2) is 4.79 Å². The number of aromatic nitrogens is 1. The Morgan fingerprint density at radius 2 is 2.21 bits per heavy atom. The molecule has 1 aromatic heterocycles. The molecule has 0 bridgehead atoms. The first-order chi connectivity index (χ1) is 9.22. The van der Waals surface area contributed by atoms with Crippen LogP contribution in [0.15, 0.2) is 24.5 Å². The van der Waals surface area contributed by atoms with Crippen molar-refractivity contribution in [1.82, 2.24) is 15.2 Å². The van der Waals surface area contributed by atoms with Crippen molar-refractivity contribution in [1.29, 1.82) is 0 Å². The topological polar surface area (TPSA) is 71.5 Å². The number of amides is 2. The molecule has 0 saturated carbocycles. The number of carbonyl (C=O) groups excluding carboxylic acids is 2. The maximum atomic E-state index is 12.1. The van der Waals surface area contributed by atoms with Crippen LogP contribution in [0.4, 0.5) is 4.79 Å². The summed E-state index contributed by atoms with van der Waals surface area (Å²) in [6, 6.07) is 3.26. The van der Waals surface area contributed by atoms with Gasteiger partial charge in [0, 0.05) is 25.5 Å². The number of nitrogens with zero attached hydrogens (tertiary/aromatic N) is 2. The number of methoxy groups -OCH3 is 1. The van der Waals surface area contributed by atoms with Crippen molar-refractivity contribution in [2.45, 2.75) is 25.4 Å². The summed E-state index contributed by atoms with van der Waals surface area (Å²) in [5.41, 5.74) is 0.978. The normalized spacial score (nSPS) is 18.2. The molecular weight excluding hydrogens is 246 g/mol. The third-order valence-electron chi connectivity index (χ3n) is 3.18. The predicted molar refractivity (Wildman–Crippen MR) is 68.2 cm³/mol. The predicted octanol–water partition coefficient (Wildman–Crippen LogP) is 0.929. The van der Waals surface area contributed by atoms with E-state index in [9.17, 15) is 9.59 Å². The lowest BCUT2D eigenvalue weighted by atomic mass is 10.2. The van der Waals surface area contributed by atoms with E-state index in [2.05, 4.69) is 15.0 Å². The third-order valence-corrected chi connectivity index (χ3v) is 3.18. The summed E-state index contributed by atoms with van der Waals surface area (Å²) < 4.78 is 4.68. The van der Waals surface area contributed by atoms with Crippen LogP contribution < -0.4 is 5.32 Å². The van der Waals surface area contributed by atoms with E-state index >= 15 is 0 Å². The van der Waals surface area contributed by atoms with Crippen LogP contribution in [0.25, 0.3) is 0 Å². The Kier molecular flexibility index (Phi) is 4.33. The number of hydrogen-bond donors (Lipinski definition) is 1. The fraction of sp³-hybridized carbons (Fsp3) is 0.462. The smallest absolute Gasteiger partial charge is 0.410 e. The van der Waals surface area contributed by atoms with E-state index in [-0.39, 0.29) is 5.91 Å². The minimum atomic E-state index is -0.443. The van der Waals surface area contributed by atoms with Crippen LogP contribution in [-0.4, -0.2) is 41.6 Å². The zero-order chi connectivity index (χ0) is 13.7. The zero-order valence-corrected chi connectivity index (χ0v) is 10.8. The van der Waals surface area contributed by atoms with E-state index in [0.29, 0.717) is 19.5 Å². The molecule has 1 saturated heterocycles. The van der Waals surface area contributed by atoms with E-state index in [4.69, 9.17) is 0 Å². The quantitative estimate of drug-likeness (QED) is 0.880. The Hall–Kier alpha value is -2.11. The number of carbonyl (C=O) groups is 2. The minimum Gasteiger partial charge on any atom is -0.453 e. The molecule has 1 aliphatic rings. The molecule has 1 fully saturated rings. The maximum absolute atomic E-state index is 12.1. The van der Waals surface area contributed by atoms with Crippen molar-refractivity contribution in [3.8, 4) is 0 Å². The van der Waals surface area contributed by atoms with E-state index in [0.717, 1.165) is 12.0 Å². The summed E-state index contributed by atoms with van der Waals surface area (Å²) in [5.74, 6) is -0.139. The van der Waals surface area contributed by atoms with Gasteiger partial charge in [0.05, 0.1) is 7.11 Å². The standard InChI is InChI=1S/C13H17N3O3/c1-19-13(18)16-8-2-3-11(16)12(17)15-9-10-4-6-14-7-5-10/h4-7,11H,2-3,8-9H2,1H3,(H,15,17). The van der Waals surface area contributed by atoms with Crippen molar-refractivity contribution in [3.63, 3.8) is 0 Å². The molecule has 2 rings (SSSR count). The first-order valence-corrected chi connectivity index (χ1v) is 6.23. The van der Waals surface area contributed by atoms with E-state index < -0.39 is 12.1 Å². The van der Waals surface area contributed by atoms with Crippen LogP contribution in [0.5, 0.6) is 0 Å². The van der Waals surface area contributed by atoms with Crippen molar-refractivity contribution >= 4 is 12.0 Å². The van der Waals surface area contributed by atoms with E-state index in [1.54, 1.807) is 12.4 Å². The molecule has 6 nitrogen and oxygen atoms in total. The molecule has 0 spiro atoms. The Labute approximate surface area is 111 Å². The fourth-order valence-electron chi connectivity index (χ4n) is 2.18. The third kappa shape index (κ3) is 3.21. The van der Waals surface area contributed by atoms with Crippen LogP contribution in [0.3, 0.4) is 0 Å². The second kappa shape index (κ2) is 6.17. The van der Waals surface area contributed by atoms with Crippen LogP contribution in [0.1, 0.15) is 18.4 Å². The van der Waals surface area contributed by atoms with Crippen molar-refractivity contribution in [2.75, 3.05) is 13.7 Å². The number of hydrogen-bond acceptors (Lipinski definition) is 4. The minimum absolute atomic E-state index is 0.139. The highest BCUT2D eigenvalue weighted by Gasteiger charge is 2.34. The summed E-state index contributed by atoms with van der Waals surface area (Å²) in [6.07, 6.45) is 4.41. The summed E-state index contributed by atoms with van der Waals surface area (Å²) in [4.78, 5) is 29.0. The van der Waals surface area contributed by atoms with Gasteiger partial charge >= 0.3 is 6.09 Å². The second-order valence-electron chi connectivity index (χ2n) is 4.39. The van der Waals surface area contributed by atoms with Gasteiger partial charge in [-0.15, -0.1) is 0 Å². The van der Waals surface area contributed by atoms with Crippen LogP contribution in [-0.2, 0) is 16.1 Å². The average molecular weight is 263 g/mol.